The summed E-state index contributed by atoms with van der Waals surface area (Å²) in [4.78, 5) is 14.2. The van der Waals surface area contributed by atoms with E-state index in [-0.39, 0.29) is 5.91 Å². The molecule has 0 N–H and O–H groups in total. The molecule has 0 aromatic heterocycles. The molecule has 2 rings (SSSR count). The number of hydrogen-bond donors (Lipinski definition) is 0. The minimum absolute atomic E-state index is 0.00581. The molecule has 3 heteroatoms. The van der Waals surface area contributed by atoms with Crippen molar-refractivity contribution in [1.29, 1.82) is 5.26 Å². The van der Waals surface area contributed by atoms with Gasteiger partial charge in [0, 0.05) is 12.6 Å². The molecule has 1 amide bonds. The van der Waals surface area contributed by atoms with Crippen LogP contribution in [0.1, 0.15) is 46.5 Å². The Hall–Kier alpha value is -1.04. The van der Waals surface area contributed by atoms with E-state index in [1.54, 1.807) is 13.8 Å². The van der Waals surface area contributed by atoms with Crippen molar-refractivity contribution in [2.75, 3.05) is 6.54 Å². The lowest BCUT2D eigenvalue weighted by Gasteiger charge is -2.38. The Bertz CT molecular complexity index is 349. The first-order valence-corrected chi connectivity index (χ1v) is 6.13. The van der Waals surface area contributed by atoms with Crippen molar-refractivity contribution < 1.29 is 4.79 Å². The fraction of sp³-hybridized carbons (Fsp3) is 0.846. The fourth-order valence-corrected chi connectivity index (χ4v) is 3.04. The molecule has 0 aromatic rings. The summed E-state index contributed by atoms with van der Waals surface area (Å²) in [5, 5.41) is 9.01. The van der Waals surface area contributed by atoms with Crippen molar-refractivity contribution in [2.45, 2.75) is 52.5 Å². The summed E-state index contributed by atoms with van der Waals surface area (Å²) in [5.74, 6) is 0.00581. The highest BCUT2D eigenvalue weighted by molar-refractivity contribution is 5.85. The van der Waals surface area contributed by atoms with Gasteiger partial charge in [-0.15, -0.1) is 0 Å². The molecule has 1 unspecified atom stereocenters. The van der Waals surface area contributed by atoms with Crippen LogP contribution in [0.15, 0.2) is 0 Å². The number of nitrogens with zero attached hydrogens (tertiary/aromatic N) is 2. The minimum atomic E-state index is -0.871. The van der Waals surface area contributed by atoms with Crippen molar-refractivity contribution in [3.05, 3.63) is 0 Å². The van der Waals surface area contributed by atoms with Gasteiger partial charge in [-0.1, -0.05) is 6.42 Å². The van der Waals surface area contributed by atoms with Crippen LogP contribution in [0, 0.1) is 22.2 Å². The van der Waals surface area contributed by atoms with Gasteiger partial charge < -0.3 is 4.90 Å². The standard InChI is InChI=1S/C13H20N2O/c1-10-7-13(5-4-6-13)9-15(10)11(16)12(2,3)8-14/h10H,4-7,9H2,1-3H3. The minimum Gasteiger partial charge on any atom is -0.338 e. The molecular formula is C13H20N2O. The van der Waals surface area contributed by atoms with E-state index in [2.05, 4.69) is 13.0 Å². The van der Waals surface area contributed by atoms with Crippen LogP contribution in [0.3, 0.4) is 0 Å². The first-order valence-electron chi connectivity index (χ1n) is 6.13. The molecule has 0 aromatic carbocycles. The van der Waals surface area contributed by atoms with Gasteiger partial charge in [0.1, 0.15) is 5.41 Å². The van der Waals surface area contributed by atoms with Crippen LogP contribution in [0.2, 0.25) is 0 Å². The second-order valence-corrected chi connectivity index (χ2v) is 6.08. The second-order valence-electron chi connectivity index (χ2n) is 6.08. The number of nitriles is 1. The number of likely N-dealkylation sites (tertiary alicyclic amines) is 1. The fourth-order valence-electron chi connectivity index (χ4n) is 3.04. The lowest BCUT2D eigenvalue weighted by Crippen LogP contribution is -2.43. The third kappa shape index (κ3) is 1.61. The zero-order chi connectivity index (χ0) is 12.0. The SMILES string of the molecule is CC1CC2(CCC2)CN1C(=O)C(C)(C)C#N. The van der Waals surface area contributed by atoms with Gasteiger partial charge in [-0.3, -0.25) is 4.79 Å². The number of rotatable bonds is 1. The Balaban J connectivity index is 2.12. The molecule has 16 heavy (non-hydrogen) atoms. The Kier molecular flexibility index (Phi) is 2.49. The van der Waals surface area contributed by atoms with Crippen molar-refractivity contribution in [3.63, 3.8) is 0 Å². The molecule has 2 fully saturated rings. The lowest BCUT2D eigenvalue weighted by molar-refractivity contribution is -0.138. The van der Waals surface area contributed by atoms with Gasteiger partial charge in [0.15, 0.2) is 0 Å². The molecule has 0 bridgehead atoms. The Morgan fingerprint density at radius 2 is 2.12 bits per heavy atom. The van der Waals surface area contributed by atoms with Crippen LogP contribution >= 0.6 is 0 Å². The van der Waals surface area contributed by atoms with E-state index in [1.165, 1.54) is 19.3 Å². The van der Waals surface area contributed by atoms with Crippen LogP contribution in [0.5, 0.6) is 0 Å². The van der Waals surface area contributed by atoms with E-state index in [9.17, 15) is 4.79 Å². The van der Waals surface area contributed by atoms with Gasteiger partial charge in [-0.2, -0.15) is 5.26 Å². The van der Waals surface area contributed by atoms with Crippen LogP contribution in [0.4, 0.5) is 0 Å². The van der Waals surface area contributed by atoms with E-state index in [0.29, 0.717) is 11.5 Å². The smallest absolute Gasteiger partial charge is 0.242 e. The van der Waals surface area contributed by atoms with Gasteiger partial charge in [0.2, 0.25) is 5.91 Å². The Labute approximate surface area is 97.4 Å². The Morgan fingerprint density at radius 3 is 2.50 bits per heavy atom. The first-order chi connectivity index (χ1) is 7.40. The number of hydrogen-bond acceptors (Lipinski definition) is 2. The molecule has 3 nitrogen and oxygen atoms in total. The van der Waals surface area contributed by atoms with Crippen molar-refractivity contribution in [3.8, 4) is 6.07 Å². The van der Waals surface area contributed by atoms with E-state index in [1.807, 2.05) is 4.90 Å². The van der Waals surface area contributed by atoms with Crippen LogP contribution in [0.25, 0.3) is 0 Å². The number of carbonyl (C=O) groups is 1. The molecule has 1 saturated heterocycles. The van der Waals surface area contributed by atoms with Gasteiger partial charge >= 0.3 is 0 Å². The maximum Gasteiger partial charge on any atom is 0.242 e. The van der Waals surface area contributed by atoms with Crippen molar-refractivity contribution >= 4 is 5.91 Å². The zero-order valence-corrected chi connectivity index (χ0v) is 10.4. The molecule has 88 valence electrons. The average molecular weight is 220 g/mol. The van der Waals surface area contributed by atoms with E-state index >= 15 is 0 Å². The highest BCUT2D eigenvalue weighted by atomic mass is 16.2. The maximum atomic E-state index is 12.2. The molecule has 1 aliphatic carbocycles. The molecular weight excluding hydrogens is 200 g/mol. The third-order valence-electron chi connectivity index (χ3n) is 4.26. The predicted molar refractivity (Wildman–Crippen MR) is 61.5 cm³/mol. The lowest BCUT2D eigenvalue weighted by atomic mass is 9.68. The molecule has 1 atom stereocenters. The molecule has 1 saturated carbocycles. The summed E-state index contributed by atoms with van der Waals surface area (Å²) in [6, 6.07) is 2.42. The van der Waals surface area contributed by atoms with Crippen molar-refractivity contribution in [1.82, 2.24) is 4.90 Å². The van der Waals surface area contributed by atoms with Crippen molar-refractivity contribution in [2.24, 2.45) is 10.8 Å². The summed E-state index contributed by atoms with van der Waals surface area (Å²) < 4.78 is 0. The Morgan fingerprint density at radius 1 is 1.50 bits per heavy atom. The van der Waals surface area contributed by atoms with Gasteiger partial charge in [0.25, 0.3) is 0 Å². The first kappa shape index (κ1) is 11.4. The number of carbonyl (C=O) groups excluding carboxylic acids is 1. The highest BCUT2D eigenvalue weighted by Crippen LogP contribution is 2.50. The van der Waals surface area contributed by atoms with Gasteiger partial charge in [0.05, 0.1) is 6.07 Å². The average Bonchev–Trinajstić information content (AvgIpc) is 2.55. The van der Waals surface area contributed by atoms with E-state index in [4.69, 9.17) is 5.26 Å². The van der Waals surface area contributed by atoms with Crippen LogP contribution in [-0.4, -0.2) is 23.4 Å². The topological polar surface area (TPSA) is 44.1 Å². The maximum absolute atomic E-state index is 12.2. The summed E-state index contributed by atoms with van der Waals surface area (Å²) in [6.07, 6.45) is 4.94. The number of amides is 1. The summed E-state index contributed by atoms with van der Waals surface area (Å²) in [6.45, 7) is 6.41. The molecule has 2 aliphatic rings. The zero-order valence-electron chi connectivity index (χ0n) is 10.4. The van der Waals surface area contributed by atoms with E-state index < -0.39 is 5.41 Å². The predicted octanol–water partition coefficient (Wildman–Crippen LogP) is 2.33. The molecule has 1 spiro atoms. The normalized spacial score (nSPS) is 27.6. The monoisotopic (exact) mass is 220 g/mol. The quantitative estimate of drug-likeness (QED) is 0.680. The molecule has 0 radical (unpaired) electrons. The third-order valence-corrected chi connectivity index (χ3v) is 4.26. The molecule has 1 aliphatic heterocycles. The van der Waals surface area contributed by atoms with Crippen LogP contribution in [-0.2, 0) is 4.79 Å². The summed E-state index contributed by atoms with van der Waals surface area (Å²) in [7, 11) is 0. The summed E-state index contributed by atoms with van der Waals surface area (Å²) in [5.41, 5.74) is -0.468. The van der Waals surface area contributed by atoms with E-state index in [0.717, 1.165) is 13.0 Å². The van der Waals surface area contributed by atoms with Gasteiger partial charge in [-0.05, 0) is 45.4 Å². The van der Waals surface area contributed by atoms with Crippen LogP contribution < -0.4 is 0 Å². The van der Waals surface area contributed by atoms with Gasteiger partial charge in [-0.25, -0.2) is 0 Å². The molecule has 1 heterocycles. The second kappa shape index (κ2) is 3.48. The highest BCUT2D eigenvalue weighted by Gasteiger charge is 2.49. The largest absolute Gasteiger partial charge is 0.338 e. The summed E-state index contributed by atoms with van der Waals surface area (Å²) >= 11 is 0.